The SMILES string of the molecule is c1ccc(-c2nc(-c3ccc4oc5ccccc5c4c3)nc(-n3c4ccccc4c4ccc(-c5ccc6c(c5)C5(c7ccccc7-c7ccccc75)c5ccccc5-6)cc43)n2)cc1. The fourth-order valence-corrected chi connectivity index (χ4v) is 10.8. The molecule has 292 valence electrons. The number of fused-ring (bicyclic) bond motifs is 16. The number of para-hydroxylation sites is 2. The lowest BCUT2D eigenvalue weighted by Crippen LogP contribution is -2.25. The third kappa shape index (κ3) is 4.73. The van der Waals surface area contributed by atoms with Crippen molar-refractivity contribution < 1.29 is 4.42 Å². The van der Waals surface area contributed by atoms with Crippen molar-refractivity contribution in [3.63, 3.8) is 0 Å². The molecule has 3 aromatic heterocycles. The third-order valence-electron chi connectivity index (χ3n) is 13.5. The van der Waals surface area contributed by atoms with Crippen LogP contribution < -0.4 is 0 Å². The summed E-state index contributed by atoms with van der Waals surface area (Å²) in [6.45, 7) is 0. The van der Waals surface area contributed by atoms with Crippen molar-refractivity contribution >= 4 is 43.7 Å². The van der Waals surface area contributed by atoms with Crippen LogP contribution in [0.4, 0.5) is 0 Å². The third-order valence-corrected chi connectivity index (χ3v) is 13.5. The molecule has 0 atom stereocenters. The largest absolute Gasteiger partial charge is 0.456 e. The fraction of sp³-hybridized carbons (Fsp3) is 0.0172. The minimum Gasteiger partial charge on any atom is -0.456 e. The molecule has 0 amide bonds. The first-order chi connectivity index (χ1) is 31.2. The first-order valence-electron chi connectivity index (χ1n) is 21.4. The van der Waals surface area contributed by atoms with Gasteiger partial charge in [0, 0.05) is 32.7 Å². The summed E-state index contributed by atoms with van der Waals surface area (Å²) in [6, 6.07) is 73.9. The molecule has 2 aliphatic rings. The van der Waals surface area contributed by atoms with Crippen molar-refractivity contribution in [2.75, 3.05) is 0 Å². The van der Waals surface area contributed by atoms with E-state index in [1.807, 2.05) is 48.5 Å². The van der Waals surface area contributed by atoms with Gasteiger partial charge >= 0.3 is 0 Å². The second-order valence-electron chi connectivity index (χ2n) is 16.7. The summed E-state index contributed by atoms with van der Waals surface area (Å²) < 4.78 is 8.42. The number of benzene rings is 9. The highest BCUT2D eigenvalue weighted by molar-refractivity contribution is 6.10. The second-order valence-corrected chi connectivity index (χ2v) is 16.7. The normalized spacial score (nSPS) is 13.2. The van der Waals surface area contributed by atoms with E-state index in [0.29, 0.717) is 17.6 Å². The Bertz CT molecular complexity index is 3810. The standard InChI is InChI=1S/C58H34N4O/c1-2-14-35(15-3-1)55-59-56(38-28-31-54-46(32-38)45-20-8-13-25-53(45)63-54)61-57(60-55)62-51-24-12-7-19-43(51)44-30-27-37(34-52(44)62)36-26-29-42-41-18-6-11-23-49(41)58(50(42)33-36)47-21-9-4-16-39(47)40-17-5-10-22-48(40)58/h1-34H. The molecule has 0 fully saturated rings. The quantitative estimate of drug-likeness (QED) is 0.178. The Hall–Kier alpha value is -8.41. The number of aromatic nitrogens is 4. The van der Waals surface area contributed by atoms with Gasteiger partial charge in [0.2, 0.25) is 5.95 Å². The highest BCUT2D eigenvalue weighted by Crippen LogP contribution is 2.63. The van der Waals surface area contributed by atoms with Gasteiger partial charge in [-0.2, -0.15) is 9.97 Å². The maximum Gasteiger partial charge on any atom is 0.238 e. The van der Waals surface area contributed by atoms with Crippen LogP contribution in [-0.2, 0) is 5.41 Å². The van der Waals surface area contributed by atoms with Crippen LogP contribution in [0.5, 0.6) is 0 Å². The number of hydrogen-bond acceptors (Lipinski definition) is 4. The van der Waals surface area contributed by atoms with Crippen molar-refractivity contribution in [1.82, 2.24) is 19.5 Å². The Morgan fingerprint density at radius 3 is 1.62 bits per heavy atom. The smallest absolute Gasteiger partial charge is 0.238 e. The first kappa shape index (κ1) is 34.3. The first-order valence-corrected chi connectivity index (χ1v) is 21.4. The molecule has 0 bridgehead atoms. The van der Waals surface area contributed by atoms with E-state index in [4.69, 9.17) is 19.4 Å². The molecular formula is C58H34N4O. The Morgan fingerprint density at radius 1 is 0.333 bits per heavy atom. The zero-order chi connectivity index (χ0) is 41.2. The van der Waals surface area contributed by atoms with Crippen LogP contribution >= 0.6 is 0 Å². The van der Waals surface area contributed by atoms with Crippen LogP contribution in [0.25, 0.3) is 106 Å². The maximum absolute atomic E-state index is 6.20. The van der Waals surface area contributed by atoms with Gasteiger partial charge in [-0.15, -0.1) is 0 Å². The molecule has 63 heavy (non-hydrogen) atoms. The lowest BCUT2D eigenvalue weighted by molar-refractivity contribution is 0.669. The lowest BCUT2D eigenvalue weighted by atomic mass is 9.70. The minimum atomic E-state index is -0.422. The maximum atomic E-state index is 6.20. The summed E-state index contributed by atoms with van der Waals surface area (Å²) in [5, 5.41) is 4.35. The number of nitrogens with zero attached hydrogens (tertiary/aromatic N) is 4. The van der Waals surface area contributed by atoms with E-state index in [-0.39, 0.29) is 0 Å². The van der Waals surface area contributed by atoms with Crippen LogP contribution in [0, 0.1) is 0 Å². The molecule has 0 saturated carbocycles. The molecule has 3 heterocycles. The van der Waals surface area contributed by atoms with Crippen LogP contribution in [0.2, 0.25) is 0 Å². The van der Waals surface area contributed by atoms with Crippen molar-refractivity contribution in [2.24, 2.45) is 0 Å². The molecule has 1 spiro atoms. The number of rotatable bonds is 4. The number of furan rings is 1. The van der Waals surface area contributed by atoms with Gasteiger partial charge in [-0.1, -0.05) is 164 Å². The van der Waals surface area contributed by atoms with Crippen molar-refractivity contribution in [2.45, 2.75) is 5.41 Å². The molecule has 12 aromatic rings. The van der Waals surface area contributed by atoms with E-state index in [2.05, 4.69) is 162 Å². The molecule has 0 aliphatic heterocycles. The zero-order valence-electron chi connectivity index (χ0n) is 33.8. The Balaban J connectivity index is 0.992. The van der Waals surface area contributed by atoms with Crippen molar-refractivity contribution in [3.05, 3.63) is 229 Å². The van der Waals surface area contributed by atoms with E-state index in [1.165, 1.54) is 44.5 Å². The molecular weight excluding hydrogens is 769 g/mol. The molecule has 14 rings (SSSR count). The topological polar surface area (TPSA) is 56.7 Å². The van der Waals surface area contributed by atoms with Gasteiger partial charge in [0.25, 0.3) is 0 Å². The average molecular weight is 803 g/mol. The van der Waals surface area contributed by atoms with Crippen LogP contribution in [0.1, 0.15) is 22.3 Å². The number of hydrogen-bond donors (Lipinski definition) is 0. The van der Waals surface area contributed by atoms with Gasteiger partial charge < -0.3 is 4.42 Å². The summed E-state index contributed by atoms with van der Waals surface area (Å²) in [7, 11) is 0. The van der Waals surface area contributed by atoms with Gasteiger partial charge in [0.1, 0.15) is 11.2 Å². The Morgan fingerprint density at radius 2 is 0.873 bits per heavy atom. The van der Waals surface area contributed by atoms with E-state index >= 15 is 0 Å². The molecule has 0 saturated heterocycles. The van der Waals surface area contributed by atoms with Gasteiger partial charge in [0.15, 0.2) is 11.6 Å². The second kappa shape index (κ2) is 12.8. The molecule has 0 N–H and O–H groups in total. The van der Waals surface area contributed by atoms with Crippen molar-refractivity contribution in [3.8, 4) is 62.1 Å². The Labute approximate surface area is 362 Å². The Kier molecular flexibility index (Phi) is 6.97. The summed E-state index contributed by atoms with van der Waals surface area (Å²) >= 11 is 0. The molecule has 5 heteroatoms. The molecule has 0 radical (unpaired) electrons. The van der Waals surface area contributed by atoms with Gasteiger partial charge in [-0.25, -0.2) is 4.98 Å². The minimum absolute atomic E-state index is 0.422. The van der Waals surface area contributed by atoms with Gasteiger partial charge in [0.05, 0.1) is 16.4 Å². The lowest BCUT2D eigenvalue weighted by Gasteiger charge is -2.30. The van der Waals surface area contributed by atoms with Crippen molar-refractivity contribution in [1.29, 1.82) is 0 Å². The fourth-order valence-electron chi connectivity index (χ4n) is 10.8. The van der Waals surface area contributed by atoms with E-state index in [1.54, 1.807) is 0 Å². The zero-order valence-corrected chi connectivity index (χ0v) is 33.8. The highest BCUT2D eigenvalue weighted by Gasteiger charge is 2.51. The van der Waals surface area contributed by atoms with Crippen LogP contribution in [-0.4, -0.2) is 19.5 Å². The summed E-state index contributed by atoms with van der Waals surface area (Å²) in [5.41, 5.74) is 17.9. The van der Waals surface area contributed by atoms with E-state index in [0.717, 1.165) is 66.0 Å². The monoisotopic (exact) mass is 802 g/mol. The summed E-state index contributed by atoms with van der Waals surface area (Å²) in [4.78, 5) is 15.7. The predicted octanol–water partition coefficient (Wildman–Crippen LogP) is 14.2. The average Bonchev–Trinajstić information content (AvgIpc) is 4.07. The summed E-state index contributed by atoms with van der Waals surface area (Å²) in [5.74, 6) is 1.76. The molecule has 5 nitrogen and oxygen atoms in total. The van der Waals surface area contributed by atoms with E-state index in [9.17, 15) is 0 Å². The summed E-state index contributed by atoms with van der Waals surface area (Å²) in [6.07, 6.45) is 0. The highest BCUT2D eigenvalue weighted by atomic mass is 16.3. The van der Waals surface area contributed by atoms with Crippen LogP contribution in [0.3, 0.4) is 0 Å². The van der Waals surface area contributed by atoms with Crippen LogP contribution in [0.15, 0.2) is 211 Å². The van der Waals surface area contributed by atoms with E-state index < -0.39 is 5.41 Å². The predicted molar refractivity (Wildman–Crippen MR) is 254 cm³/mol. The molecule has 9 aromatic carbocycles. The van der Waals surface area contributed by atoms with Gasteiger partial charge in [-0.05, 0) is 98.1 Å². The van der Waals surface area contributed by atoms with Gasteiger partial charge in [-0.3, -0.25) is 4.57 Å². The molecule has 0 unspecified atom stereocenters. The molecule has 2 aliphatic carbocycles.